The first-order valence-corrected chi connectivity index (χ1v) is 7.34. The van der Waals surface area contributed by atoms with E-state index in [0.29, 0.717) is 10.2 Å². The predicted molar refractivity (Wildman–Crippen MR) is 77.3 cm³/mol. The van der Waals surface area contributed by atoms with Crippen molar-refractivity contribution in [2.45, 2.75) is 12.6 Å². The summed E-state index contributed by atoms with van der Waals surface area (Å²) in [6.45, 7) is -1.19. The molecule has 0 bridgehead atoms. The summed E-state index contributed by atoms with van der Waals surface area (Å²) in [4.78, 5) is 24.5. The van der Waals surface area contributed by atoms with E-state index in [1.165, 1.54) is 19.2 Å². The summed E-state index contributed by atoms with van der Waals surface area (Å²) in [5.41, 5.74) is -2.80. The van der Waals surface area contributed by atoms with Crippen LogP contribution in [0.5, 0.6) is 5.75 Å². The summed E-state index contributed by atoms with van der Waals surface area (Å²) in [5.74, 6) is -2.27. The third-order valence-corrected chi connectivity index (χ3v) is 4.60. The minimum atomic E-state index is -4.93. The zero-order valence-electron chi connectivity index (χ0n) is 12.0. The van der Waals surface area contributed by atoms with Gasteiger partial charge in [-0.2, -0.15) is 13.2 Å². The summed E-state index contributed by atoms with van der Waals surface area (Å²) >= 11 is 3.16. The van der Waals surface area contributed by atoms with Crippen LogP contribution in [0.3, 0.4) is 0 Å². The minimum absolute atomic E-state index is 0.118. The van der Waals surface area contributed by atoms with E-state index in [1.807, 2.05) is 0 Å². The number of halogens is 4. The number of alkyl halides is 3. The van der Waals surface area contributed by atoms with E-state index in [2.05, 4.69) is 15.9 Å². The molecule has 23 heavy (non-hydrogen) atoms. The van der Waals surface area contributed by atoms with E-state index in [1.54, 1.807) is 6.07 Å². The fourth-order valence-electron chi connectivity index (χ4n) is 2.48. The van der Waals surface area contributed by atoms with Crippen molar-refractivity contribution >= 4 is 27.8 Å². The van der Waals surface area contributed by atoms with Gasteiger partial charge in [0, 0.05) is 17.6 Å². The van der Waals surface area contributed by atoms with Crippen LogP contribution in [0, 0.1) is 5.41 Å². The number of carboxylic acids is 1. The Bertz CT molecular complexity index is 649. The first kappa shape index (κ1) is 17.6. The maximum Gasteiger partial charge on any atom is 0.406 e. The lowest BCUT2D eigenvalue weighted by molar-refractivity contribution is -0.227. The number of benzene rings is 1. The fourth-order valence-corrected chi connectivity index (χ4v) is 2.89. The Morgan fingerprint density at radius 2 is 2.04 bits per heavy atom. The molecule has 0 saturated carbocycles. The third kappa shape index (κ3) is 3.01. The maximum atomic E-state index is 13.2. The number of rotatable bonds is 3. The fraction of sp³-hybridized carbons (Fsp3) is 0.429. The normalized spacial score (nSPS) is 21.3. The summed E-state index contributed by atoms with van der Waals surface area (Å²) in [6, 6.07) is 4.51. The molecule has 0 spiro atoms. The molecule has 1 aromatic rings. The van der Waals surface area contributed by atoms with Crippen molar-refractivity contribution < 1.29 is 32.6 Å². The van der Waals surface area contributed by atoms with Gasteiger partial charge in [-0.15, -0.1) is 0 Å². The summed E-state index contributed by atoms with van der Waals surface area (Å²) in [6.07, 6.45) is -5.60. The molecule has 0 aromatic heterocycles. The lowest BCUT2D eigenvalue weighted by atomic mass is 9.86. The molecule has 1 fully saturated rings. The zero-order chi connectivity index (χ0) is 17.4. The topological polar surface area (TPSA) is 66.8 Å². The lowest BCUT2D eigenvalue weighted by Gasteiger charge is -2.27. The molecular weight excluding hydrogens is 383 g/mol. The van der Waals surface area contributed by atoms with Crippen LogP contribution in [-0.4, -0.2) is 48.3 Å². The molecule has 0 aliphatic carbocycles. The standard InChI is InChI=1S/C14H13BrF3NO4/c1-23-8-2-3-10(15)9(6-8)11(20)19-5-4-13(7-19,12(21)22)14(16,17)18/h2-3,6H,4-5,7H2,1H3,(H,21,22). The van der Waals surface area contributed by atoms with Crippen LogP contribution >= 0.6 is 15.9 Å². The molecule has 1 heterocycles. The monoisotopic (exact) mass is 395 g/mol. The minimum Gasteiger partial charge on any atom is -0.497 e. The maximum absolute atomic E-state index is 13.2. The Hall–Kier alpha value is -1.77. The van der Waals surface area contributed by atoms with Crippen LogP contribution in [0.25, 0.3) is 0 Å². The quantitative estimate of drug-likeness (QED) is 0.854. The molecule has 0 radical (unpaired) electrons. The molecule has 9 heteroatoms. The number of aliphatic carboxylic acids is 1. The molecule has 5 nitrogen and oxygen atoms in total. The number of carbonyl (C=O) groups is 2. The number of methoxy groups -OCH3 is 1. The molecule has 2 rings (SSSR count). The highest BCUT2D eigenvalue weighted by Crippen LogP contribution is 2.46. The van der Waals surface area contributed by atoms with Gasteiger partial charge < -0.3 is 14.7 Å². The first-order valence-electron chi connectivity index (χ1n) is 6.55. The van der Waals surface area contributed by atoms with Gasteiger partial charge in [-0.1, -0.05) is 0 Å². The molecule has 1 aliphatic rings. The van der Waals surface area contributed by atoms with Crippen molar-refractivity contribution in [1.29, 1.82) is 0 Å². The van der Waals surface area contributed by atoms with Gasteiger partial charge in [-0.3, -0.25) is 9.59 Å². The molecule has 1 amide bonds. The van der Waals surface area contributed by atoms with Gasteiger partial charge in [-0.25, -0.2) is 0 Å². The summed E-state index contributed by atoms with van der Waals surface area (Å²) in [5, 5.41) is 9.02. The van der Waals surface area contributed by atoms with Crippen molar-refractivity contribution in [1.82, 2.24) is 4.90 Å². The van der Waals surface area contributed by atoms with Gasteiger partial charge in [0.15, 0.2) is 5.41 Å². The van der Waals surface area contributed by atoms with Crippen LogP contribution in [-0.2, 0) is 4.79 Å². The summed E-state index contributed by atoms with van der Waals surface area (Å²) < 4.78 is 44.8. The van der Waals surface area contributed by atoms with Gasteiger partial charge in [0.05, 0.1) is 12.7 Å². The van der Waals surface area contributed by atoms with Crippen LogP contribution in [0.2, 0.25) is 0 Å². The van der Waals surface area contributed by atoms with Gasteiger partial charge in [0.25, 0.3) is 5.91 Å². The van der Waals surface area contributed by atoms with Crippen LogP contribution in [0.1, 0.15) is 16.8 Å². The van der Waals surface area contributed by atoms with Crippen molar-refractivity contribution in [2.24, 2.45) is 5.41 Å². The number of carboxylic acid groups (broad SMARTS) is 1. The first-order chi connectivity index (χ1) is 10.6. The highest BCUT2D eigenvalue weighted by Gasteiger charge is 2.64. The Balaban J connectivity index is 2.31. The highest BCUT2D eigenvalue weighted by atomic mass is 79.9. The van der Waals surface area contributed by atoms with E-state index in [-0.39, 0.29) is 12.1 Å². The third-order valence-electron chi connectivity index (χ3n) is 3.91. The molecule has 1 aliphatic heterocycles. The smallest absolute Gasteiger partial charge is 0.406 e. The van der Waals surface area contributed by atoms with Crippen molar-refractivity contribution in [2.75, 3.05) is 20.2 Å². The average Bonchev–Trinajstić information content (AvgIpc) is 2.93. The number of ether oxygens (including phenoxy) is 1. The molecule has 1 atom stereocenters. The van der Waals surface area contributed by atoms with Crippen molar-refractivity contribution in [3.63, 3.8) is 0 Å². The number of nitrogens with zero attached hydrogens (tertiary/aromatic N) is 1. The Morgan fingerprint density at radius 1 is 1.39 bits per heavy atom. The lowest BCUT2D eigenvalue weighted by Crippen LogP contribution is -2.47. The van der Waals surface area contributed by atoms with E-state index >= 15 is 0 Å². The van der Waals surface area contributed by atoms with Crippen LogP contribution < -0.4 is 4.74 Å². The summed E-state index contributed by atoms with van der Waals surface area (Å²) in [7, 11) is 1.40. The Morgan fingerprint density at radius 3 is 2.52 bits per heavy atom. The predicted octanol–water partition coefficient (Wildman–Crippen LogP) is 2.94. The van der Waals surface area contributed by atoms with Crippen LogP contribution in [0.15, 0.2) is 22.7 Å². The van der Waals surface area contributed by atoms with Crippen LogP contribution in [0.4, 0.5) is 13.2 Å². The number of carbonyl (C=O) groups excluding carboxylic acids is 1. The Kier molecular flexibility index (Phi) is 4.61. The number of likely N-dealkylation sites (tertiary alicyclic amines) is 1. The van der Waals surface area contributed by atoms with Crippen molar-refractivity contribution in [3.05, 3.63) is 28.2 Å². The average molecular weight is 396 g/mol. The van der Waals surface area contributed by atoms with Crippen molar-refractivity contribution in [3.8, 4) is 5.75 Å². The Labute approximate surface area is 138 Å². The molecule has 1 aromatic carbocycles. The van der Waals surface area contributed by atoms with Gasteiger partial charge >= 0.3 is 12.1 Å². The van der Waals surface area contributed by atoms with Gasteiger partial charge in [0.2, 0.25) is 0 Å². The molecular formula is C14H13BrF3NO4. The van der Waals surface area contributed by atoms with E-state index in [4.69, 9.17) is 9.84 Å². The zero-order valence-corrected chi connectivity index (χ0v) is 13.6. The van der Waals surface area contributed by atoms with E-state index < -0.39 is 36.4 Å². The van der Waals surface area contributed by atoms with E-state index in [0.717, 1.165) is 4.90 Å². The molecule has 126 valence electrons. The van der Waals surface area contributed by atoms with Gasteiger partial charge in [0.1, 0.15) is 5.75 Å². The van der Waals surface area contributed by atoms with Gasteiger partial charge in [-0.05, 0) is 40.5 Å². The second-order valence-electron chi connectivity index (χ2n) is 5.21. The number of hydrogen-bond donors (Lipinski definition) is 1. The van der Waals surface area contributed by atoms with E-state index in [9.17, 15) is 22.8 Å². The molecule has 1 N–H and O–H groups in total. The number of hydrogen-bond acceptors (Lipinski definition) is 3. The highest BCUT2D eigenvalue weighted by molar-refractivity contribution is 9.10. The molecule has 1 saturated heterocycles. The SMILES string of the molecule is COc1ccc(Br)c(C(=O)N2CCC(C(=O)O)(C(F)(F)F)C2)c1. The largest absolute Gasteiger partial charge is 0.497 e. The molecule has 1 unspecified atom stereocenters. The second kappa shape index (κ2) is 6.03. The number of amides is 1. The second-order valence-corrected chi connectivity index (χ2v) is 6.06.